The van der Waals surface area contributed by atoms with Crippen LogP contribution in [0.2, 0.25) is 0 Å². The Balaban J connectivity index is 1.99. The largest absolute Gasteiger partial charge is 0.416 e. The van der Waals surface area contributed by atoms with Crippen LogP contribution in [0.1, 0.15) is 5.56 Å². The van der Waals surface area contributed by atoms with E-state index in [9.17, 15) is 18.0 Å². The standard InChI is InChI=1S/C20H18F3N5O/c1-28(2)18(29)12-25-17-11-16(15-5-3-4-10-24-15)26-19(27-17)13-6-8-14(9-7-13)20(21,22)23/h3-11H,12H2,1-2H3,(H,25,26,27). The number of halogens is 3. The zero-order valence-corrected chi connectivity index (χ0v) is 15.7. The molecular formula is C20H18F3N5O. The van der Waals surface area contributed by atoms with Crippen molar-refractivity contribution in [3.05, 3.63) is 60.3 Å². The maximum atomic E-state index is 12.8. The summed E-state index contributed by atoms with van der Waals surface area (Å²) >= 11 is 0. The van der Waals surface area contributed by atoms with Crippen LogP contribution in [0.3, 0.4) is 0 Å². The lowest BCUT2D eigenvalue weighted by Crippen LogP contribution is -2.28. The van der Waals surface area contributed by atoms with E-state index in [0.29, 0.717) is 22.8 Å². The summed E-state index contributed by atoms with van der Waals surface area (Å²) < 4.78 is 38.5. The first-order valence-electron chi connectivity index (χ1n) is 8.66. The number of benzene rings is 1. The fourth-order valence-electron chi connectivity index (χ4n) is 2.44. The van der Waals surface area contributed by atoms with Crippen LogP contribution in [0.25, 0.3) is 22.8 Å². The number of carbonyl (C=O) groups is 1. The van der Waals surface area contributed by atoms with Gasteiger partial charge in [-0.2, -0.15) is 13.2 Å². The van der Waals surface area contributed by atoms with Crippen LogP contribution in [-0.4, -0.2) is 46.4 Å². The third kappa shape index (κ3) is 5.07. The number of rotatable bonds is 5. The number of pyridine rings is 1. The van der Waals surface area contributed by atoms with Gasteiger partial charge in [0.1, 0.15) is 5.82 Å². The van der Waals surface area contributed by atoms with E-state index in [0.717, 1.165) is 12.1 Å². The molecule has 0 aliphatic rings. The van der Waals surface area contributed by atoms with Gasteiger partial charge in [-0.1, -0.05) is 18.2 Å². The highest BCUT2D eigenvalue weighted by molar-refractivity contribution is 5.80. The number of amides is 1. The number of likely N-dealkylation sites (N-methyl/N-ethyl adjacent to an activating group) is 1. The fraction of sp³-hybridized carbons (Fsp3) is 0.200. The van der Waals surface area contributed by atoms with Gasteiger partial charge in [0.05, 0.1) is 23.5 Å². The highest BCUT2D eigenvalue weighted by Gasteiger charge is 2.30. The summed E-state index contributed by atoms with van der Waals surface area (Å²) in [6.07, 6.45) is -2.81. The van der Waals surface area contributed by atoms with Crippen molar-refractivity contribution in [2.24, 2.45) is 0 Å². The molecule has 0 saturated heterocycles. The number of hydrogen-bond acceptors (Lipinski definition) is 5. The van der Waals surface area contributed by atoms with Crippen LogP contribution in [0, 0.1) is 0 Å². The molecule has 3 rings (SSSR count). The van der Waals surface area contributed by atoms with Gasteiger partial charge in [-0.25, -0.2) is 9.97 Å². The molecule has 0 fully saturated rings. The highest BCUT2D eigenvalue weighted by atomic mass is 19.4. The van der Waals surface area contributed by atoms with Crippen molar-refractivity contribution in [2.45, 2.75) is 6.18 Å². The molecule has 3 aromatic rings. The Kier molecular flexibility index (Phi) is 5.76. The molecule has 150 valence electrons. The van der Waals surface area contributed by atoms with Crippen molar-refractivity contribution in [3.8, 4) is 22.8 Å². The van der Waals surface area contributed by atoms with E-state index in [1.807, 2.05) is 0 Å². The zero-order valence-electron chi connectivity index (χ0n) is 15.7. The number of hydrogen-bond donors (Lipinski definition) is 1. The number of nitrogens with one attached hydrogen (secondary N) is 1. The molecule has 0 bridgehead atoms. The Morgan fingerprint density at radius 2 is 1.76 bits per heavy atom. The van der Waals surface area contributed by atoms with Crippen LogP contribution >= 0.6 is 0 Å². The number of carbonyl (C=O) groups excluding carboxylic acids is 1. The second-order valence-electron chi connectivity index (χ2n) is 6.39. The molecule has 1 aromatic carbocycles. The summed E-state index contributed by atoms with van der Waals surface area (Å²) in [4.78, 5) is 26.3. The van der Waals surface area contributed by atoms with Crippen LogP contribution < -0.4 is 5.32 Å². The third-order valence-corrected chi connectivity index (χ3v) is 4.04. The van der Waals surface area contributed by atoms with E-state index >= 15 is 0 Å². The molecule has 9 heteroatoms. The third-order valence-electron chi connectivity index (χ3n) is 4.04. The van der Waals surface area contributed by atoms with E-state index in [-0.39, 0.29) is 18.3 Å². The van der Waals surface area contributed by atoms with Gasteiger partial charge in [-0.05, 0) is 24.3 Å². The molecule has 0 saturated carbocycles. The minimum Gasteiger partial charge on any atom is -0.361 e. The minimum absolute atomic E-state index is 0.0120. The van der Waals surface area contributed by atoms with E-state index in [4.69, 9.17) is 0 Å². The van der Waals surface area contributed by atoms with Gasteiger partial charge in [-0.15, -0.1) is 0 Å². The molecule has 0 aliphatic heterocycles. The van der Waals surface area contributed by atoms with E-state index < -0.39 is 11.7 Å². The normalized spacial score (nSPS) is 11.2. The molecule has 2 aromatic heterocycles. The Morgan fingerprint density at radius 1 is 1.03 bits per heavy atom. The van der Waals surface area contributed by atoms with E-state index in [1.54, 1.807) is 44.6 Å². The van der Waals surface area contributed by atoms with Crippen molar-refractivity contribution in [3.63, 3.8) is 0 Å². The number of aromatic nitrogens is 3. The minimum atomic E-state index is -4.42. The van der Waals surface area contributed by atoms with Crippen LogP contribution in [-0.2, 0) is 11.0 Å². The summed E-state index contributed by atoms with van der Waals surface area (Å²) in [6.45, 7) is 0.0120. The predicted molar refractivity (Wildman–Crippen MR) is 103 cm³/mol. The second-order valence-corrected chi connectivity index (χ2v) is 6.39. The summed E-state index contributed by atoms with van der Waals surface area (Å²) in [5.74, 6) is 0.437. The van der Waals surface area contributed by atoms with E-state index in [1.165, 1.54) is 17.0 Å². The first-order valence-corrected chi connectivity index (χ1v) is 8.66. The van der Waals surface area contributed by atoms with E-state index in [2.05, 4.69) is 20.3 Å². The molecule has 29 heavy (non-hydrogen) atoms. The predicted octanol–water partition coefficient (Wildman–Crippen LogP) is 3.72. The maximum Gasteiger partial charge on any atom is 0.416 e. The Bertz CT molecular complexity index is 989. The van der Waals surface area contributed by atoms with Gasteiger partial charge >= 0.3 is 6.18 Å². The maximum absolute atomic E-state index is 12.8. The van der Waals surface area contributed by atoms with Crippen molar-refractivity contribution in [2.75, 3.05) is 26.0 Å². The number of alkyl halides is 3. The molecule has 0 spiro atoms. The molecule has 0 unspecified atom stereocenters. The summed E-state index contributed by atoms with van der Waals surface area (Å²) in [5, 5.41) is 2.93. The fourth-order valence-corrected chi connectivity index (χ4v) is 2.44. The van der Waals surface area contributed by atoms with Gasteiger partial charge in [0.25, 0.3) is 0 Å². The first kappa shape index (κ1) is 20.2. The van der Waals surface area contributed by atoms with Crippen LogP contribution in [0.5, 0.6) is 0 Å². The SMILES string of the molecule is CN(C)C(=O)CNc1cc(-c2ccccn2)nc(-c2ccc(C(F)(F)F)cc2)n1. The Labute approximate surface area is 165 Å². The summed E-state index contributed by atoms with van der Waals surface area (Å²) in [6, 6.07) is 11.5. The van der Waals surface area contributed by atoms with Crippen LogP contribution in [0.4, 0.5) is 19.0 Å². The molecular weight excluding hydrogens is 383 g/mol. The van der Waals surface area contributed by atoms with Crippen molar-refractivity contribution in [1.29, 1.82) is 0 Å². The number of nitrogens with zero attached hydrogens (tertiary/aromatic N) is 4. The van der Waals surface area contributed by atoms with Gasteiger partial charge in [0, 0.05) is 31.9 Å². The second kappa shape index (κ2) is 8.26. The first-order chi connectivity index (χ1) is 13.7. The van der Waals surface area contributed by atoms with Crippen molar-refractivity contribution >= 4 is 11.7 Å². The topological polar surface area (TPSA) is 71.0 Å². The molecule has 0 radical (unpaired) electrons. The van der Waals surface area contributed by atoms with Gasteiger partial charge in [0.2, 0.25) is 5.91 Å². The van der Waals surface area contributed by atoms with Gasteiger partial charge in [0.15, 0.2) is 5.82 Å². The Morgan fingerprint density at radius 3 is 2.34 bits per heavy atom. The summed E-state index contributed by atoms with van der Waals surface area (Å²) in [5.41, 5.74) is 0.718. The number of anilines is 1. The quantitative estimate of drug-likeness (QED) is 0.706. The van der Waals surface area contributed by atoms with Crippen molar-refractivity contribution < 1.29 is 18.0 Å². The average Bonchev–Trinajstić information content (AvgIpc) is 2.71. The van der Waals surface area contributed by atoms with Gasteiger partial charge < -0.3 is 10.2 Å². The molecule has 1 N–H and O–H groups in total. The summed E-state index contributed by atoms with van der Waals surface area (Å²) in [7, 11) is 3.27. The molecule has 0 aliphatic carbocycles. The highest BCUT2D eigenvalue weighted by Crippen LogP contribution is 2.31. The molecule has 6 nitrogen and oxygen atoms in total. The zero-order chi connectivity index (χ0) is 21.0. The van der Waals surface area contributed by atoms with Crippen LogP contribution in [0.15, 0.2) is 54.7 Å². The van der Waals surface area contributed by atoms with Crippen molar-refractivity contribution in [1.82, 2.24) is 19.9 Å². The molecule has 2 heterocycles. The molecule has 0 atom stereocenters. The Hall–Kier alpha value is -3.49. The molecule has 1 amide bonds. The van der Waals surface area contributed by atoms with Gasteiger partial charge in [-0.3, -0.25) is 9.78 Å². The lowest BCUT2D eigenvalue weighted by Gasteiger charge is -2.13. The smallest absolute Gasteiger partial charge is 0.361 e. The monoisotopic (exact) mass is 401 g/mol. The average molecular weight is 401 g/mol. The lowest BCUT2D eigenvalue weighted by atomic mass is 10.1. The lowest BCUT2D eigenvalue weighted by molar-refractivity contribution is -0.137.